The van der Waals surface area contributed by atoms with E-state index in [1.807, 2.05) is 23.1 Å². The van der Waals surface area contributed by atoms with Crippen LogP contribution in [0.3, 0.4) is 0 Å². The van der Waals surface area contributed by atoms with Crippen molar-refractivity contribution in [3.05, 3.63) is 60.2 Å². The largest absolute Gasteiger partial charge is 0.368 e. The van der Waals surface area contributed by atoms with E-state index in [9.17, 15) is 9.59 Å². The predicted molar refractivity (Wildman–Crippen MR) is 108 cm³/mol. The SMILES string of the molecule is Cc1cccc(N2CCN(C(=O)C(C)NC(=O)Nc3ccccc3)CC2)c1. The molecule has 6 heteroatoms. The number of para-hydroxylation sites is 1. The van der Waals surface area contributed by atoms with E-state index >= 15 is 0 Å². The number of urea groups is 1. The maximum absolute atomic E-state index is 12.6. The molecule has 6 nitrogen and oxygen atoms in total. The number of carbonyl (C=O) groups excluding carboxylic acids is 2. The molecule has 1 aliphatic heterocycles. The number of aryl methyl sites for hydroxylation is 1. The first-order valence-corrected chi connectivity index (χ1v) is 9.26. The third-order valence-electron chi connectivity index (χ3n) is 4.71. The van der Waals surface area contributed by atoms with Crippen LogP contribution in [-0.4, -0.2) is 49.1 Å². The summed E-state index contributed by atoms with van der Waals surface area (Å²) in [6.45, 7) is 6.69. The minimum absolute atomic E-state index is 0.0536. The van der Waals surface area contributed by atoms with E-state index in [0.29, 0.717) is 18.8 Å². The van der Waals surface area contributed by atoms with E-state index in [0.717, 1.165) is 13.1 Å². The van der Waals surface area contributed by atoms with E-state index in [4.69, 9.17) is 0 Å². The average Bonchev–Trinajstić information content (AvgIpc) is 2.68. The molecule has 0 bridgehead atoms. The van der Waals surface area contributed by atoms with Gasteiger partial charge >= 0.3 is 6.03 Å². The molecule has 142 valence electrons. The summed E-state index contributed by atoms with van der Waals surface area (Å²) in [6, 6.07) is 16.6. The third-order valence-corrected chi connectivity index (χ3v) is 4.71. The molecule has 27 heavy (non-hydrogen) atoms. The fourth-order valence-corrected chi connectivity index (χ4v) is 3.23. The Morgan fingerprint density at radius 2 is 1.67 bits per heavy atom. The Bertz CT molecular complexity index is 786. The van der Waals surface area contributed by atoms with Gasteiger partial charge in [-0.15, -0.1) is 0 Å². The summed E-state index contributed by atoms with van der Waals surface area (Å²) in [5.74, 6) is -0.0536. The molecule has 0 radical (unpaired) electrons. The Balaban J connectivity index is 1.49. The van der Waals surface area contributed by atoms with Gasteiger partial charge in [-0.1, -0.05) is 30.3 Å². The predicted octanol–water partition coefficient (Wildman–Crippen LogP) is 2.85. The summed E-state index contributed by atoms with van der Waals surface area (Å²) >= 11 is 0. The van der Waals surface area contributed by atoms with Crippen LogP contribution in [0.2, 0.25) is 0 Å². The second-order valence-corrected chi connectivity index (χ2v) is 6.84. The highest BCUT2D eigenvalue weighted by Gasteiger charge is 2.26. The molecule has 2 aromatic rings. The summed E-state index contributed by atoms with van der Waals surface area (Å²) in [6.07, 6.45) is 0. The van der Waals surface area contributed by atoms with Gasteiger partial charge in [0.2, 0.25) is 5.91 Å². The van der Waals surface area contributed by atoms with E-state index in [1.54, 1.807) is 19.1 Å². The second kappa shape index (κ2) is 8.58. The van der Waals surface area contributed by atoms with Crippen LogP contribution < -0.4 is 15.5 Å². The first-order chi connectivity index (χ1) is 13.0. The van der Waals surface area contributed by atoms with Crippen molar-refractivity contribution in [1.29, 1.82) is 0 Å². The molecule has 2 aromatic carbocycles. The first-order valence-electron chi connectivity index (χ1n) is 9.26. The molecule has 0 aliphatic carbocycles. The molecular formula is C21H26N4O2. The molecule has 1 atom stereocenters. The van der Waals surface area contributed by atoms with Gasteiger partial charge in [0.15, 0.2) is 0 Å². The molecule has 1 aliphatic rings. The van der Waals surface area contributed by atoms with Gasteiger partial charge in [0.1, 0.15) is 6.04 Å². The van der Waals surface area contributed by atoms with Crippen LogP contribution in [0.1, 0.15) is 12.5 Å². The summed E-state index contributed by atoms with van der Waals surface area (Å²) in [7, 11) is 0. The molecule has 2 N–H and O–H groups in total. The number of benzene rings is 2. The van der Waals surface area contributed by atoms with Crippen LogP contribution in [-0.2, 0) is 4.79 Å². The number of amides is 3. The van der Waals surface area contributed by atoms with E-state index in [2.05, 4.69) is 46.7 Å². The number of carbonyl (C=O) groups is 2. The normalized spacial score (nSPS) is 15.2. The lowest BCUT2D eigenvalue weighted by atomic mass is 10.2. The monoisotopic (exact) mass is 366 g/mol. The number of rotatable bonds is 4. The standard InChI is InChI=1S/C21H26N4O2/c1-16-7-6-10-19(15-16)24-11-13-25(14-12-24)20(26)17(2)22-21(27)23-18-8-4-3-5-9-18/h3-10,15,17H,11-14H2,1-2H3,(H2,22,23,27). The van der Waals surface area contributed by atoms with Gasteiger partial charge in [0.05, 0.1) is 0 Å². The summed E-state index contributed by atoms with van der Waals surface area (Å²) in [4.78, 5) is 28.8. The lowest BCUT2D eigenvalue weighted by molar-refractivity contribution is -0.133. The van der Waals surface area contributed by atoms with Gasteiger partial charge in [-0.25, -0.2) is 4.79 Å². The van der Waals surface area contributed by atoms with E-state index in [1.165, 1.54) is 11.3 Å². The van der Waals surface area contributed by atoms with Crippen LogP contribution >= 0.6 is 0 Å². The molecule has 1 unspecified atom stereocenters. The van der Waals surface area contributed by atoms with Crippen molar-refractivity contribution in [2.45, 2.75) is 19.9 Å². The Morgan fingerprint density at radius 1 is 0.963 bits per heavy atom. The molecule has 3 rings (SSSR count). The third kappa shape index (κ3) is 5.00. The van der Waals surface area contributed by atoms with Crippen LogP contribution in [0.5, 0.6) is 0 Å². The van der Waals surface area contributed by atoms with E-state index < -0.39 is 6.04 Å². The highest BCUT2D eigenvalue weighted by molar-refractivity contribution is 5.93. The van der Waals surface area contributed by atoms with Crippen molar-refractivity contribution in [1.82, 2.24) is 10.2 Å². The fraction of sp³-hybridized carbons (Fsp3) is 0.333. The summed E-state index contributed by atoms with van der Waals surface area (Å²) in [5, 5.41) is 5.46. The minimum Gasteiger partial charge on any atom is -0.368 e. The Kier molecular flexibility index (Phi) is 5.96. The van der Waals surface area contributed by atoms with Crippen LogP contribution in [0.25, 0.3) is 0 Å². The topological polar surface area (TPSA) is 64.7 Å². The second-order valence-electron chi connectivity index (χ2n) is 6.84. The van der Waals surface area contributed by atoms with Gasteiger partial charge in [0, 0.05) is 37.6 Å². The van der Waals surface area contributed by atoms with Crippen LogP contribution in [0.15, 0.2) is 54.6 Å². The smallest absolute Gasteiger partial charge is 0.319 e. The van der Waals surface area contributed by atoms with Gasteiger partial charge in [-0.3, -0.25) is 4.79 Å². The van der Waals surface area contributed by atoms with Crippen molar-refractivity contribution < 1.29 is 9.59 Å². The molecule has 0 spiro atoms. The number of nitrogens with zero attached hydrogens (tertiary/aromatic N) is 2. The lowest BCUT2D eigenvalue weighted by Crippen LogP contribution is -2.54. The Hall–Kier alpha value is -3.02. The van der Waals surface area contributed by atoms with Crippen LogP contribution in [0, 0.1) is 6.92 Å². The fourth-order valence-electron chi connectivity index (χ4n) is 3.23. The quantitative estimate of drug-likeness (QED) is 0.875. The van der Waals surface area contributed by atoms with E-state index in [-0.39, 0.29) is 11.9 Å². The molecule has 0 saturated carbocycles. The lowest BCUT2D eigenvalue weighted by Gasteiger charge is -2.37. The zero-order valence-electron chi connectivity index (χ0n) is 15.8. The highest BCUT2D eigenvalue weighted by Crippen LogP contribution is 2.18. The Morgan fingerprint density at radius 3 is 2.33 bits per heavy atom. The van der Waals surface area contributed by atoms with Crippen LogP contribution in [0.4, 0.5) is 16.2 Å². The molecule has 1 heterocycles. The first kappa shape index (κ1) is 18.8. The number of nitrogens with one attached hydrogen (secondary N) is 2. The van der Waals surface area contributed by atoms with Gasteiger partial charge in [0.25, 0.3) is 0 Å². The van der Waals surface area contributed by atoms with Gasteiger partial charge < -0.3 is 20.4 Å². The van der Waals surface area contributed by atoms with Crippen molar-refractivity contribution in [3.63, 3.8) is 0 Å². The van der Waals surface area contributed by atoms with Crippen molar-refractivity contribution in [3.8, 4) is 0 Å². The van der Waals surface area contributed by atoms with Crippen molar-refractivity contribution >= 4 is 23.3 Å². The zero-order chi connectivity index (χ0) is 19.2. The minimum atomic E-state index is -0.570. The maximum Gasteiger partial charge on any atom is 0.319 e. The van der Waals surface area contributed by atoms with Crippen molar-refractivity contribution in [2.75, 3.05) is 36.4 Å². The van der Waals surface area contributed by atoms with Crippen molar-refractivity contribution in [2.24, 2.45) is 0 Å². The van der Waals surface area contributed by atoms with Gasteiger partial charge in [-0.2, -0.15) is 0 Å². The summed E-state index contributed by atoms with van der Waals surface area (Å²) < 4.78 is 0. The number of hydrogen-bond donors (Lipinski definition) is 2. The highest BCUT2D eigenvalue weighted by atomic mass is 16.2. The molecular weight excluding hydrogens is 340 g/mol. The molecule has 1 saturated heterocycles. The number of anilines is 2. The zero-order valence-corrected chi connectivity index (χ0v) is 15.8. The molecule has 0 aromatic heterocycles. The maximum atomic E-state index is 12.6. The number of piperazine rings is 1. The number of hydrogen-bond acceptors (Lipinski definition) is 3. The summed E-state index contributed by atoms with van der Waals surface area (Å²) in [5.41, 5.74) is 3.12. The average molecular weight is 366 g/mol. The Labute approximate surface area is 160 Å². The van der Waals surface area contributed by atoms with Gasteiger partial charge in [-0.05, 0) is 43.7 Å². The molecule has 3 amide bonds. The molecule has 1 fully saturated rings.